The Balaban J connectivity index is 1.49. The lowest BCUT2D eigenvalue weighted by molar-refractivity contribution is -0.127. The van der Waals surface area contributed by atoms with E-state index in [-0.39, 0.29) is 41.4 Å². The molecule has 0 aromatic heterocycles. The molecule has 6 nitrogen and oxygen atoms in total. The van der Waals surface area contributed by atoms with Crippen LogP contribution in [-0.2, 0) is 9.59 Å². The van der Waals surface area contributed by atoms with E-state index in [9.17, 15) is 19.1 Å². The summed E-state index contributed by atoms with van der Waals surface area (Å²) in [6.07, 6.45) is 1.29. The standard InChI is InChI=1S/C23H28FN3O3/c1-15(17-7-9-19(24)10-8-17)25-22(29)16(2)27-13-11-18(12-14-27)23(30)26-20-5-3-4-6-21(20)28/h3-10,15-16,18,28H,11-14H2,1-2H3,(H,25,29)(H,26,30)/t15-,16-/m1/s1. The van der Waals surface area contributed by atoms with Crippen LogP contribution >= 0.6 is 0 Å². The minimum Gasteiger partial charge on any atom is -0.506 e. The molecule has 2 aromatic rings. The molecule has 0 saturated carbocycles. The minimum absolute atomic E-state index is 0.0452. The lowest BCUT2D eigenvalue weighted by Crippen LogP contribution is -2.49. The zero-order chi connectivity index (χ0) is 21.7. The highest BCUT2D eigenvalue weighted by atomic mass is 19.1. The average molecular weight is 413 g/mol. The molecule has 30 heavy (non-hydrogen) atoms. The Morgan fingerprint density at radius 1 is 1.07 bits per heavy atom. The van der Waals surface area contributed by atoms with E-state index in [4.69, 9.17) is 0 Å². The van der Waals surface area contributed by atoms with Crippen LogP contribution in [0, 0.1) is 11.7 Å². The number of para-hydroxylation sites is 2. The molecular weight excluding hydrogens is 385 g/mol. The third-order valence-corrected chi connectivity index (χ3v) is 5.72. The molecule has 2 atom stereocenters. The zero-order valence-electron chi connectivity index (χ0n) is 17.3. The number of hydrogen-bond donors (Lipinski definition) is 3. The minimum atomic E-state index is -0.324. The van der Waals surface area contributed by atoms with Crippen molar-refractivity contribution in [3.8, 4) is 5.75 Å². The van der Waals surface area contributed by atoms with Gasteiger partial charge >= 0.3 is 0 Å². The van der Waals surface area contributed by atoms with Crippen LogP contribution in [0.15, 0.2) is 48.5 Å². The van der Waals surface area contributed by atoms with Crippen molar-refractivity contribution in [1.29, 1.82) is 0 Å². The summed E-state index contributed by atoms with van der Waals surface area (Å²) in [7, 11) is 0. The fraction of sp³-hybridized carbons (Fsp3) is 0.391. The van der Waals surface area contributed by atoms with E-state index in [1.807, 2.05) is 13.8 Å². The fourth-order valence-electron chi connectivity index (χ4n) is 3.70. The van der Waals surface area contributed by atoms with E-state index in [2.05, 4.69) is 15.5 Å². The lowest BCUT2D eigenvalue weighted by Gasteiger charge is -2.35. The van der Waals surface area contributed by atoms with Gasteiger partial charge in [-0.15, -0.1) is 0 Å². The highest BCUT2D eigenvalue weighted by Gasteiger charge is 2.30. The van der Waals surface area contributed by atoms with Gasteiger partial charge in [-0.1, -0.05) is 24.3 Å². The molecule has 1 heterocycles. The molecule has 0 aliphatic carbocycles. The number of nitrogens with zero attached hydrogens (tertiary/aromatic N) is 1. The second-order valence-corrected chi connectivity index (χ2v) is 7.77. The lowest BCUT2D eigenvalue weighted by atomic mass is 9.94. The first-order chi connectivity index (χ1) is 14.3. The smallest absolute Gasteiger partial charge is 0.237 e. The van der Waals surface area contributed by atoms with Crippen molar-refractivity contribution in [3.05, 3.63) is 59.9 Å². The summed E-state index contributed by atoms with van der Waals surface area (Å²) in [5.41, 5.74) is 1.25. The zero-order valence-corrected chi connectivity index (χ0v) is 17.3. The van der Waals surface area contributed by atoms with Crippen LogP contribution in [0.1, 0.15) is 38.3 Å². The van der Waals surface area contributed by atoms with E-state index in [1.165, 1.54) is 18.2 Å². The number of phenolic OH excluding ortho intramolecular Hbond substituents is 1. The molecule has 0 spiro atoms. The number of carbonyl (C=O) groups is 2. The molecule has 2 aromatic carbocycles. The number of piperidine rings is 1. The maximum absolute atomic E-state index is 13.1. The van der Waals surface area contributed by atoms with Crippen LogP contribution in [0.2, 0.25) is 0 Å². The Hall–Kier alpha value is -2.93. The summed E-state index contributed by atoms with van der Waals surface area (Å²) < 4.78 is 13.1. The molecule has 0 radical (unpaired) electrons. The van der Waals surface area contributed by atoms with Gasteiger partial charge in [0.25, 0.3) is 0 Å². The van der Waals surface area contributed by atoms with Crippen molar-refractivity contribution in [2.75, 3.05) is 18.4 Å². The SMILES string of the molecule is C[C@H](C(=O)N[C@H](C)c1ccc(F)cc1)N1CCC(C(=O)Nc2ccccc2O)CC1. The first kappa shape index (κ1) is 21.8. The average Bonchev–Trinajstić information content (AvgIpc) is 2.75. The third kappa shape index (κ3) is 5.36. The second-order valence-electron chi connectivity index (χ2n) is 7.77. The van der Waals surface area contributed by atoms with Crippen LogP contribution in [0.25, 0.3) is 0 Å². The van der Waals surface area contributed by atoms with E-state index in [0.717, 1.165) is 5.56 Å². The number of carbonyl (C=O) groups excluding carboxylic acids is 2. The molecule has 0 bridgehead atoms. The molecule has 1 aliphatic heterocycles. The molecule has 1 aliphatic rings. The van der Waals surface area contributed by atoms with Crippen molar-refractivity contribution < 1.29 is 19.1 Å². The summed E-state index contributed by atoms with van der Waals surface area (Å²) in [6, 6.07) is 12.2. The Morgan fingerprint density at radius 3 is 2.33 bits per heavy atom. The Bertz CT molecular complexity index is 880. The second kappa shape index (κ2) is 9.71. The van der Waals surface area contributed by atoms with Gasteiger partial charge in [-0.25, -0.2) is 4.39 Å². The number of nitrogens with one attached hydrogen (secondary N) is 2. The van der Waals surface area contributed by atoms with Gasteiger partial charge < -0.3 is 15.7 Å². The van der Waals surface area contributed by atoms with Crippen molar-refractivity contribution in [3.63, 3.8) is 0 Å². The number of amides is 2. The van der Waals surface area contributed by atoms with Gasteiger partial charge in [0.05, 0.1) is 17.8 Å². The van der Waals surface area contributed by atoms with Gasteiger partial charge in [0.15, 0.2) is 0 Å². The number of anilines is 1. The quantitative estimate of drug-likeness (QED) is 0.634. The number of benzene rings is 2. The third-order valence-electron chi connectivity index (χ3n) is 5.72. The molecular formula is C23H28FN3O3. The van der Waals surface area contributed by atoms with Crippen LogP contribution in [0.3, 0.4) is 0 Å². The van der Waals surface area contributed by atoms with Crippen LogP contribution in [0.4, 0.5) is 10.1 Å². The highest BCUT2D eigenvalue weighted by molar-refractivity contribution is 5.94. The number of halogens is 1. The van der Waals surface area contributed by atoms with Gasteiger partial charge in [0, 0.05) is 5.92 Å². The van der Waals surface area contributed by atoms with Crippen molar-refractivity contribution in [2.45, 2.75) is 38.8 Å². The van der Waals surface area contributed by atoms with E-state index >= 15 is 0 Å². The first-order valence-electron chi connectivity index (χ1n) is 10.2. The molecule has 3 rings (SSSR count). The molecule has 160 valence electrons. The predicted octanol–water partition coefficient (Wildman–Crippen LogP) is 3.45. The van der Waals surface area contributed by atoms with Crippen molar-refractivity contribution in [1.82, 2.24) is 10.2 Å². The van der Waals surface area contributed by atoms with Gasteiger partial charge in [-0.3, -0.25) is 14.5 Å². The van der Waals surface area contributed by atoms with Crippen LogP contribution < -0.4 is 10.6 Å². The molecule has 1 fully saturated rings. The number of likely N-dealkylation sites (tertiary alicyclic amines) is 1. The largest absolute Gasteiger partial charge is 0.506 e. The fourth-order valence-corrected chi connectivity index (χ4v) is 3.70. The van der Waals surface area contributed by atoms with Gasteiger partial charge in [-0.2, -0.15) is 0 Å². The van der Waals surface area contributed by atoms with Gasteiger partial charge in [0.2, 0.25) is 11.8 Å². The maximum atomic E-state index is 13.1. The Labute approximate surface area is 176 Å². The maximum Gasteiger partial charge on any atom is 0.237 e. The first-order valence-corrected chi connectivity index (χ1v) is 10.2. The normalized spacial score (nSPS) is 17.2. The number of rotatable bonds is 6. The number of phenols is 1. The summed E-state index contributed by atoms with van der Waals surface area (Å²) >= 11 is 0. The van der Waals surface area contributed by atoms with Crippen LogP contribution in [0.5, 0.6) is 5.75 Å². The topological polar surface area (TPSA) is 81.7 Å². The summed E-state index contributed by atoms with van der Waals surface area (Å²) in [6.45, 7) is 5.00. The monoisotopic (exact) mass is 413 g/mol. The van der Waals surface area contributed by atoms with Crippen molar-refractivity contribution >= 4 is 17.5 Å². The summed E-state index contributed by atoms with van der Waals surface area (Å²) in [5.74, 6) is -0.625. The summed E-state index contributed by atoms with van der Waals surface area (Å²) in [5, 5.41) is 15.6. The van der Waals surface area contributed by atoms with Gasteiger partial charge in [0.1, 0.15) is 11.6 Å². The number of hydrogen-bond acceptors (Lipinski definition) is 4. The van der Waals surface area contributed by atoms with Gasteiger partial charge in [-0.05, 0) is 69.6 Å². The Kier molecular flexibility index (Phi) is 7.05. The molecule has 3 N–H and O–H groups in total. The van der Waals surface area contributed by atoms with Crippen molar-refractivity contribution in [2.24, 2.45) is 5.92 Å². The van der Waals surface area contributed by atoms with Crippen LogP contribution in [-0.4, -0.2) is 41.0 Å². The van der Waals surface area contributed by atoms with E-state index in [0.29, 0.717) is 31.6 Å². The summed E-state index contributed by atoms with van der Waals surface area (Å²) in [4.78, 5) is 27.2. The molecule has 7 heteroatoms. The molecule has 2 amide bonds. The van der Waals surface area contributed by atoms with E-state index in [1.54, 1.807) is 30.3 Å². The predicted molar refractivity (Wildman–Crippen MR) is 113 cm³/mol. The van der Waals surface area contributed by atoms with E-state index < -0.39 is 0 Å². The molecule has 1 saturated heterocycles. The highest BCUT2D eigenvalue weighted by Crippen LogP contribution is 2.25. The molecule has 0 unspecified atom stereocenters. The number of aromatic hydroxyl groups is 1. The Morgan fingerprint density at radius 2 is 1.70 bits per heavy atom.